The lowest BCUT2D eigenvalue weighted by Gasteiger charge is -2.45. The molecule has 1 aliphatic carbocycles. The van der Waals surface area contributed by atoms with Gasteiger partial charge in [0.15, 0.2) is 0 Å². The predicted molar refractivity (Wildman–Crippen MR) is 99.6 cm³/mol. The molecule has 2 aromatic carbocycles. The zero-order chi connectivity index (χ0) is 16.6. The van der Waals surface area contributed by atoms with Gasteiger partial charge in [0.1, 0.15) is 5.75 Å². The molecule has 0 bridgehead atoms. The van der Waals surface area contributed by atoms with E-state index in [1.807, 2.05) is 6.07 Å². The van der Waals surface area contributed by atoms with Crippen molar-refractivity contribution in [3.8, 4) is 5.75 Å². The van der Waals surface area contributed by atoms with Crippen molar-refractivity contribution in [1.29, 1.82) is 0 Å². The van der Waals surface area contributed by atoms with Gasteiger partial charge in [-0.05, 0) is 42.4 Å². The minimum Gasteiger partial charge on any atom is -0.506 e. The number of phenols is 1. The van der Waals surface area contributed by atoms with E-state index in [0.29, 0.717) is 11.8 Å². The minimum atomic E-state index is -0.0529. The molecule has 0 spiro atoms. The molecule has 1 saturated carbocycles. The van der Waals surface area contributed by atoms with Gasteiger partial charge in [-0.2, -0.15) is 0 Å². The number of hydrogen-bond donors (Lipinski definition) is 2. The molecule has 2 aromatic rings. The average Bonchev–Trinajstić information content (AvgIpc) is 2.64. The van der Waals surface area contributed by atoms with E-state index in [1.54, 1.807) is 6.07 Å². The Balaban J connectivity index is 1.79. The van der Waals surface area contributed by atoms with Crippen LogP contribution in [0.25, 0.3) is 0 Å². The topological polar surface area (TPSA) is 32.3 Å². The van der Waals surface area contributed by atoms with Crippen molar-refractivity contribution in [2.75, 3.05) is 5.32 Å². The fraction of sp³-hybridized carbons (Fsp3) is 0.455. The van der Waals surface area contributed by atoms with E-state index in [2.05, 4.69) is 48.6 Å². The molecule has 24 heavy (non-hydrogen) atoms. The van der Waals surface area contributed by atoms with Crippen molar-refractivity contribution in [2.45, 2.75) is 56.9 Å². The van der Waals surface area contributed by atoms with Gasteiger partial charge in [-0.15, -0.1) is 0 Å². The van der Waals surface area contributed by atoms with Crippen LogP contribution in [0.4, 0.5) is 5.69 Å². The summed E-state index contributed by atoms with van der Waals surface area (Å²) in [5, 5.41) is 14.2. The first kappa shape index (κ1) is 15.6. The van der Waals surface area contributed by atoms with Gasteiger partial charge in [-0.1, -0.05) is 68.7 Å². The van der Waals surface area contributed by atoms with Crippen LogP contribution in [-0.4, -0.2) is 11.1 Å². The van der Waals surface area contributed by atoms with Crippen molar-refractivity contribution >= 4 is 5.69 Å². The summed E-state index contributed by atoms with van der Waals surface area (Å²) in [6.07, 6.45) is 7.78. The molecule has 126 valence electrons. The molecule has 0 amide bonds. The second-order valence-corrected chi connectivity index (χ2v) is 7.75. The molecule has 2 nitrogen and oxygen atoms in total. The number of anilines is 1. The molecule has 1 heterocycles. The van der Waals surface area contributed by atoms with E-state index in [1.165, 1.54) is 43.2 Å². The first-order valence-electron chi connectivity index (χ1n) is 9.33. The molecule has 0 radical (unpaired) electrons. The van der Waals surface area contributed by atoms with Gasteiger partial charge < -0.3 is 10.4 Å². The van der Waals surface area contributed by atoms with Crippen molar-refractivity contribution in [3.63, 3.8) is 0 Å². The highest BCUT2D eigenvalue weighted by Gasteiger charge is 2.41. The second kappa shape index (κ2) is 6.16. The summed E-state index contributed by atoms with van der Waals surface area (Å²) in [6, 6.07) is 17.2. The van der Waals surface area contributed by atoms with Gasteiger partial charge in [0.25, 0.3) is 0 Å². The van der Waals surface area contributed by atoms with E-state index >= 15 is 0 Å². The Morgan fingerprint density at radius 1 is 0.958 bits per heavy atom. The molecule has 2 atom stereocenters. The Hall–Kier alpha value is -1.96. The number of phenolic OH excluding ortho intramolecular Hbond substituents is 1. The third-order valence-corrected chi connectivity index (χ3v) is 6.22. The Morgan fingerprint density at radius 2 is 1.71 bits per heavy atom. The van der Waals surface area contributed by atoms with E-state index in [0.717, 1.165) is 18.0 Å². The highest BCUT2D eigenvalue weighted by Crippen LogP contribution is 2.49. The highest BCUT2D eigenvalue weighted by atomic mass is 16.3. The molecular weight excluding hydrogens is 294 g/mol. The molecule has 2 aliphatic rings. The van der Waals surface area contributed by atoms with E-state index in [-0.39, 0.29) is 5.41 Å². The summed E-state index contributed by atoms with van der Waals surface area (Å²) in [6.45, 7) is 2.34. The molecule has 1 fully saturated rings. The minimum absolute atomic E-state index is 0.0529. The summed E-state index contributed by atoms with van der Waals surface area (Å²) in [5.74, 6) is 1.10. The van der Waals surface area contributed by atoms with Gasteiger partial charge in [0.2, 0.25) is 0 Å². The molecule has 0 saturated heterocycles. The lowest BCUT2D eigenvalue weighted by Crippen LogP contribution is -2.43. The van der Waals surface area contributed by atoms with Crippen LogP contribution < -0.4 is 5.32 Å². The SMILES string of the molecule is C[C@@]1(c2ccccc2)C[C@@H](C2CCCCC2)Nc2c(O)cccc21. The molecule has 2 heteroatoms. The van der Waals surface area contributed by atoms with Crippen LogP contribution in [0, 0.1) is 5.92 Å². The molecule has 0 unspecified atom stereocenters. The smallest absolute Gasteiger partial charge is 0.138 e. The van der Waals surface area contributed by atoms with Gasteiger partial charge in [0.05, 0.1) is 5.69 Å². The quantitative estimate of drug-likeness (QED) is 0.720. The lowest BCUT2D eigenvalue weighted by molar-refractivity contribution is 0.276. The van der Waals surface area contributed by atoms with Crippen molar-refractivity contribution in [2.24, 2.45) is 5.92 Å². The number of hydrogen-bond acceptors (Lipinski definition) is 2. The van der Waals surface area contributed by atoms with Crippen LogP contribution in [0.5, 0.6) is 5.75 Å². The Morgan fingerprint density at radius 3 is 2.46 bits per heavy atom. The number of fused-ring (bicyclic) bond motifs is 1. The monoisotopic (exact) mass is 321 g/mol. The maximum absolute atomic E-state index is 10.5. The van der Waals surface area contributed by atoms with E-state index in [4.69, 9.17) is 0 Å². The summed E-state index contributed by atoms with van der Waals surface area (Å²) in [7, 11) is 0. The van der Waals surface area contributed by atoms with Gasteiger partial charge in [-0.3, -0.25) is 0 Å². The van der Waals surface area contributed by atoms with Crippen LogP contribution in [0.3, 0.4) is 0 Å². The molecular formula is C22H27NO. The van der Waals surface area contributed by atoms with Crippen LogP contribution in [0.1, 0.15) is 56.6 Å². The first-order chi connectivity index (χ1) is 11.7. The van der Waals surface area contributed by atoms with Crippen molar-refractivity contribution in [1.82, 2.24) is 0 Å². The zero-order valence-corrected chi connectivity index (χ0v) is 14.5. The highest BCUT2D eigenvalue weighted by molar-refractivity contribution is 5.68. The van der Waals surface area contributed by atoms with E-state index in [9.17, 15) is 5.11 Å². The summed E-state index contributed by atoms with van der Waals surface area (Å²) >= 11 is 0. The standard InChI is InChI=1S/C22H27NO/c1-22(17-11-6-3-7-12-17)15-19(16-9-4-2-5-10-16)23-21-18(22)13-8-14-20(21)24/h3,6-8,11-14,16,19,23-24H,2,4-5,9-10,15H2,1H3/t19-,22-/m0/s1. The number of para-hydroxylation sites is 1. The predicted octanol–water partition coefficient (Wildman–Crippen LogP) is 5.46. The van der Waals surface area contributed by atoms with Crippen molar-refractivity contribution in [3.05, 3.63) is 59.7 Å². The zero-order valence-electron chi connectivity index (χ0n) is 14.5. The molecule has 2 N–H and O–H groups in total. The Bertz CT molecular complexity index is 705. The van der Waals surface area contributed by atoms with Gasteiger partial charge in [-0.25, -0.2) is 0 Å². The summed E-state index contributed by atoms with van der Waals surface area (Å²) in [5.41, 5.74) is 3.47. The largest absolute Gasteiger partial charge is 0.506 e. The third-order valence-electron chi connectivity index (χ3n) is 6.22. The van der Waals surface area contributed by atoms with Gasteiger partial charge >= 0.3 is 0 Å². The summed E-state index contributed by atoms with van der Waals surface area (Å²) < 4.78 is 0. The number of aromatic hydroxyl groups is 1. The van der Waals surface area contributed by atoms with Crippen LogP contribution in [0.15, 0.2) is 48.5 Å². The molecule has 0 aromatic heterocycles. The fourth-order valence-electron chi connectivity index (χ4n) is 4.84. The Kier molecular flexibility index (Phi) is 3.99. The van der Waals surface area contributed by atoms with Crippen LogP contribution >= 0.6 is 0 Å². The Labute approximate surface area is 144 Å². The van der Waals surface area contributed by atoms with Gasteiger partial charge in [0, 0.05) is 11.5 Å². The summed E-state index contributed by atoms with van der Waals surface area (Å²) in [4.78, 5) is 0. The van der Waals surface area contributed by atoms with Crippen LogP contribution in [0.2, 0.25) is 0 Å². The fourth-order valence-corrected chi connectivity index (χ4v) is 4.84. The number of rotatable bonds is 2. The average molecular weight is 321 g/mol. The molecule has 1 aliphatic heterocycles. The number of benzene rings is 2. The second-order valence-electron chi connectivity index (χ2n) is 7.75. The normalized spacial score (nSPS) is 27.3. The molecule has 4 rings (SSSR count). The van der Waals surface area contributed by atoms with Crippen molar-refractivity contribution < 1.29 is 5.11 Å². The number of nitrogens with one attached hydrogen (secondary N) is 1. The maximum Gasteiger partial charge on any atom is 0.138 e. The van der Waals surface area contributed by atoms with E-state index < -0.39 is 0 Å². The third kappa shape index (κ3) is 2.58. The maximum atomic E-state index is 10.5. The first-order valence-corrected chi connectivity index (χ1v) is 9.33. The lowest BCUT2D eigenvalue weighted by atomic mass is 9.66. The van der Waals surface area contributed by atoms with Crippen LogP contribution in [-0.2, 0) is 5.41 Å².